The summed E-state index contributed by atoms with van der Waals surface area (Å²) in [5.74, 6) is -0.867. The number of hydrogen-bond donors (Lipinski definition) is 0. The van der Waals surface area contributed by atoms with Gasteiger partial charge in [-0.25, -0.2) is 0 Å². The zero-order valence-corrected chi connectivity index (χ0v) is 53.6. The Labute approximate surface area is 498 Å². The molecule has 0 aliphatic heterocycles. The van der Waals surface area contributed by atoms with Gasteiger partial charge in [0, 0.05) is 19.3 Å². The second-order valence-corrected chi connectivity index (χ2v) is 23.8. The van der Waals surface area contributed by atoms with Gasteiger partial charge in [0.25, 0.3) is 0 Å². The lowest BCUT2D eigenvalue weighted by molar-refractivity contribution is -0.167. The van der Waals surface area contributed by atoms with Crippen LogP contribution in [0, 0.1) is 0 Å². The van der Waals surface area contributed by atoms with Gasteiger partial charge in [-0.3, -0.25) is 14.4 Å². The topological polar surface area (TPSA) is 78.9 Å². The van der Waals surface area contributed by atoms with Crippen molar-refractivity contribution in [2.75, 3.05) is 13.2 Å². The molecule has 0 saturated heterocycles. The summed E-state index contributed by atoms with van der Waals surface area (Å²) in [4.78, 5) is 38.3. The molecule has 0 bridgehead atoms. The highest BCUT2D eigenvalue weighted by atomic mass is 16.6. The Morgan fingerprint density at radius 2 is 0.475 bits per heavy atom. The maximum absolute atomic E-state index is 12.9. The fourth-order valence-corrected chi connectivity index (χ4v) is 10.4. The molecule has 0 aromatic heterocycles. The van der Waals surface area contributed by atoms with Crippen LogP contribution in [-0.4, -0.2) is 37.2 Å². The van der Waals surface area contributed by atoms with Crippen LogP contribution in [0.15, 0.2) is 60.8 Å². The normalized spacial score (nSPS) is 12.4. The highest BCUT2D eigenvalue weighted by Gasteiger charge is 2.19. The minimum Gasteiger partial charge on any atom is -0.462 e. The van der Waals surface area contributed by atoms with E-state index in [-0.39, 0.29) is 31.1 Å². The van der Waals surface area contributed by atoms with E-state index in [0.29, 0.717) is 19.3 Å². The quantitative estimate of drug-likeness (QED) is 0.0261. The summed E-state index contributed by atoms with van der Waals surface area (Å²) < 4.78 is 16.9. The molecule has 6 heteroatoms. The molecule has 1 atom stereocenters. The predicted octanol–water partition coefficient (Wildman–Crippen LogP) is 24.3. The van der Waals surface area contributed by atoms with E-state index in [1.54, 1.807) is 0 Å². The summed E-state index contributed by atoms with van der Waals surface area (Å²) in [6.07, 6.45) is 88.3. The summed E-state index contributed by atoms with van der Waals surface area (Å²) in [5, 5.41) is 0. The van der Waals surface area contributed by atoms with Crippen LogP contribution in [0.25, 0.3) is 0 Å². The van der Waals surface area contributed by atoms with Crippen LogP contribution in [-0.2, 0) is 28.6 Å². The van der Waals surface area contributed by atoms with Gasteiger partial charge in [0.05, 0.1) is 0 Å². The van der Waals surface area contributed by atoms with Crippen molar-refractivity contribution in [1.29, 1.82) is 0 Å². The number of ether oxygens (including phenoxy) is 3. The molecule has 0 amide bonds. The molecule has 0 spiro atoms. The molecule has 0 aliphatic carbocycles. The van der Waals surface area contributed by atoms with Crippen molar-refractivity contribution in [2.24, 2.45) is 0 Å². The summed E-state index contributed by atoms with van der Waals surface area (Å²) in [6.45, 7) is 6.60. The molecule has 0 aromatic carbocycles. The van der Waals surface area contributed by atoms with E-state index < -0.39 is 6.10 Å². The Balaban J connectivity index is 4.15. The van der Waals surface area contributed by atoms with Crippen molar-refractivity contribution in [3.8, 4) is 0 Å². The van der Waals surface area contributed by atoms with Crippen LogP contribution in [0.1, 0.15) is 374 Å². The summed E-state index contributed by atoms with van der Waals surface area (Å²) in [5.41, 5.74) is 0. The lowest BCUT2D eigenvalue weighted by Gasteiger charge is -2.18. The average Bonchev–Trinajstić information content (AvgIpc) is 3.46. The molecule has 0 fully saturated rings. The number of rotatable bonds is 65. The number of allylic oxidation sites excluding steroid dienone is 10. The highest BCUT2D eigenvalue weighted by Crippen LogP contribution is 2.18. The Kier molecular flexibility index (Phi) is 66.1. The standard InChI is InChI=1S/C74H134O6/c1-4-7-10-13-16-19-22-24-26-28-30-32-34-35-36-37-38-39-41-42-44-46-48-50-52-55-58-61-64-67-73(76)79-70-71(69-78-72(75)66-63-60-57-54-21-18-15-12-9-6-3)80-74(77)68-65-62-59-56-53-51-49-47-45-43-40-33-31-29-27-25-23-20-17-14-11-8-5-2/h12,15,22-25,28-31,71H,4-11,13-14,16-21,26-27,32-70H2,1-3H3/b15-12-,24-22-,25-23-,30-28-,31-29-. The van der Waals surface area contributed by atoms with E-state index in [9.17, 15) is 14.4 Å². The van der Waals surface area contributed by atoms with Crippen LogP contribution in [0.2, 0.25) is 0 Å². The van der Waals surface area contributed by atoms with Crippen molar-refractivity contribution < 1.29 is 28.6 Å². The van der Waals surface area contributed by atoms with E-state index >= 15 is 0 Å². The molecule has 6 nitrogen and oxygen atoms in total. The molecular formula is C74H134O6. The molecule has 0 heterocycles. The van der Waals surface area contributed by atoms with Crippen molar-refractivity contribution in [1.82, 2.24) is 0 Å². The van der Waals surface area contributed by atoms with Crippen LogP contribution < -0.4 is 0 Å². The predicted molar refractivity (Wildman–Crippen MR) is 348 cm³/mol. The first-order chi connectivity index (χ1) is 39.5. The van der Waals surface area contributed by atoms with Crippen LogP contribution in [0.4, 0.5) is 0 Å². The minimum atomic E-state index is -0.778. The van der Waals surface area contributed by atoms with Gasteiger partial charge in [-0.1, -0.05) is 313 Å². The van der Waals surface area contributed by atoms with Crippen LogP contribution in [0.3, 0.4) is 0 Å². The first-order valence-electron chi connectivity index (χ1n) is 35.3. The lowest BCUT2D eigenvalue weighted by atomic mass is 10.0. The maximum atomic E-state index is 12.9. The number of esters is 3. The maximum Gasteiger partial charge on any atom is 0.306 e. The van der Waals surface area contributed by atoms with Crippen molar-refractivity contribution >= 4 is 17.9 Å². The molecule has 0 rings (SSSR count). The molecule has 0 aromatic rings. The van der Waals surface area contributed by atoms with Gasteiger partial charge < -0.3 is 14.2 Å². The monoisotopic (exact) mass is 1120 g/mol. The zero-order chi connectivity index (χ0) is 57.8. The zero-order valence-electron chi connectivity index (χ0n) is 53.6. The molecule has 0 radical (unpaired) electrons. The minimum absolute atomic E-state index is 0.0743. The Morgan fingerprint density at radius 1 is 0.250 bits per heavy atom. The highest BCUT2D eigenvalue weighted by molar-refractivity contribution is 5.71. The van der Waals surface area contributed by atoms with Crippen LogP contribution >= 0.6 is 0 Å². The SMILES string of the molecule is CCC/C=C\CCCCCCCC(=O)OCC(COC(=O)CCCCCCCCCCCCCCCCCCC/C=C\C/C=C\CCCCCCC)OC(=O)CCCCCCCCCCCCC/C=C\C/C=C\CCCCCCC. The smallest absolute Gasteiger partial charge is 0.306 e. The third kappa shape index (κ3) is 65.9. The van der Waals surface area contributed by atoms with Gasteiger partial charge in [-0.05, 0) is 103 Å². The van der Waals surface area contributed by atoms with Crippen molar-refractivity contribution in [3.63, 3.8) is 0 Å². The molecular weight excluding hydrogens is 985 g/mol. The van der Waals surface area contributed by atoms with E-state index in [2.05, 4.69) is 81.5 Å². The van der Waals surface area contributed by atoms with Crippen molar-refractivity contribution in [3.05, 3.63) is 60.8 Å². The van der Waals surface area contributed by atoms with Gasteiger partial charge in [0.15, 0.2) is 6.10 Å². The number of unbranched alkanes of at least 4 members (excludes halogenated alkanes) is 44. The average molecular weight is 1120 g/mol. The van der Waals surface area contributed by atoms with E-state index in [0.717, 1.165) is 83.5 Å². The molecule has 0 N–H and O–H groups in total. The molecule has 466 valence electrons. The molecule has 0 aliphatic rings. The first kappa shape index (κ1) is 77.1. The van der Waals surface area contributed by atoms with E-state index in [1.807, 2.05) is 0 Å². The summed E-state index contributed by atoms with van der Waals surface area (Å²) >= 11 is 0. The van der Waals surface area contributed by atoms with Crippen molar-refractivity contribution in [2.45, 2.75) is 380 Å². The molecule has 80 heavy (non-hydrogen) atoms. The third-order valence-corrected chi connectivity index (χ3v) is 15.7. The summed E-state index contributed by atoms with van der Waals surface area (Å²) in [6, 6.07) is 0. The number of carbonyl (C=O) groups excluding carboxylic acids is 3. The fraction of sp³-hybridized carbons (Fsp3) is 0.824. The number of carbonyl (C=O) groups is 3. The second kappa shape index (κ2) is 68.6. The van der Waals surface area contributed by atoms with E-state index in [1.165, 1.54) is 250 Å². The van der Waals surface area contributed by atoms with Crippen LogP contribution in [0.5, 0.6) is 0 Å². The van der Waals surface area contributed by atoms with E-state index in [4.69, 9.17) is 14.2 Å². The Morgan fingerprint density at radius 3 is 0.750 bits per heavy atom. The third-order valence-electron chi connectivity index (χ3n) is 15.7. The fourth-order valence-electron chi connectivity index (χ4n) is 10.4. The van der Waals surface area contributed by atoms with Gasteiger partial charge >= 0.3 is 17.9 Å². The summed E-state index contributed by atoms with van der Waals surface area (Å²) in [7, 11) is 0. The lowest BCUT2D eigenvalue weighted by Crippen LogP contribution is -2.30. The Hall–Kier alpha value is -2.89. The van der Waals surface area contributed by atoms with Gasteiger partial charge in [-0.2, -0.15) is 0 Å². The molecule has 1 unspecified atom stereocenters. The largest absolute Gasteiger partial charge is 0.462 e. The van der Waals surface area contributed by atoms with Gasteiger partial charge in [0.2, 0.25) is 0 Å². The first-order valence-corrected chi connectivity index (χ1v) is 35.3. The molecule has 0 saturated carbocycles. The second-order valence-electron chi connectivity index (χ2n) is 23.8. The van der Waals surface area contributed by atoms with Gasteiger partial charge in [0.1, 0.15) is 13.2 Å². The Bertz CT molecular complexity index is 1430. The van der Waals surface area contributed by atoms with Gasteiger partial charge in [-0.15, -0.1) is 0 Å². The number of hydrogen-bond acceptors (Lipinski definition) is 6.